The molecular formula is C16H30ClN3. The number of nitrogens with zero attached hydrogens (tertiary/aromatic N) is 2. The SMILES string of the molecule is CCC(CC)(CNC(C)(C)C)Cc1c(Cl)c(C)nn1C. The van der Waals surface area contributed by atoms with Crippen LogP contribution in [-0.4, -0.2) is 21.9 Å². The molecule has 0 spiro atoms. The van der Waals surface area contributed by atoms with E-state index in [9.17, 15) is 0 Å². The van der Waals surface area contributed by atoms with E-state index in [0.717, 1.165) is 42.2 Å². The molecule has 0 bridgehead atoms. The van der Waals surface area contributed by atoms with Crippen LogP contribution in [0, 0.1) is 12.3 Å². The van der Waals surface area contributed by atoms with Crippen LogP contribution in [-0.2, 0) is 13.5 Å². The smallest absolute Gasteiger partial charge is 0.0847 e. The molecule has 4 heteroatoms. The molecule has 0 amide bonds. The van der Waals surface area contributed by atoms with Crippen LogP contribution in [0.5, 0.6) is 0 Å². The molecule has 1 rings (SSSR count). The predicted molar refractivity (Wildman–Crippen MR) is 87.4 cm³/mol. The molecule has 1 N–H and O–H groups in total. The Kier molecular flexibility index (Phi) is 5.68. The zero-order valence-electron chi connectivity index (χ0n) is 14.1. The lowest BCUT2D eigenvalue weighted by Crippen LogP contribution is -2.44. The number of aryl methyl sites for hydroxylation is 2. The van der Waals surface area contributed by atoms with Gasteiger partial charge in [0.1, 0.15) is 0 Å². The Hall–Kier alpha value is -0.540. The largest absolute Gasteiger partial charge is 0.312 e. The number of hydrogen-bond acceptors (Lipinski definition) is 2. The molecule has 0 saturated heterocycles. The van der Waals surface area contributed by atoms with Crippen molar-refractivity contribution >= 4 is 11.6 Å². The second-order valence-electron chi connectivity index (χ2n) is 6.96. The van der Waals surface area contributed by atoms with Crippen LogP contribution in [0.15, 0.2) is 0 Å². The van der Waals surface area contributed by atoms with Gasteiger partial charge in [-0.25, -0.2) is 0 Å². The van der Waals surface area contributed by atoms with E-state index in [-0.39, 0.29) is 11.0 Å². The van der Waals surface area contributed by atoms with E-state index in [0.29, 0.717) is 0 Å². The van der Waals surface area contributed by atoms with Gasteiger partial charge in [-0.1, -0.05) is 25.4 Å². The number of hydrogen-bond donors (Lipinski definition) is 1. The second-order valence-corrected chi connectivity index (χ2v) is 7.34. The average Bonchev–Trinajstić information content (AvgIpc) is 2.59. The highest BCUT2D eigenvalue weighted by molar-refractivity contribution is 6.31. The van der Waals surface area contributed by atoms with Gasteiger partial charge in [0.05, 0.1) is 16.4 Å². The van der Waals surface area contributed by atoms with Crippen molar-refractivity contribution in [2.45, 2.75) is 66.3 Å². The van der Waals surface area contributed by atoms with E-state index in [4.69, 9.17) is 11.6 Å². The average molecular weight is 300 g/mol. The molecular weight excluding hydrogens is 270 g/mol. The molecule has 1 aromatic heterocycles. The molecule has 0 unspecified atom stereocenters. The third-order valence-corrected chi connectivity index (χ3v) is 4.79. The number of nitrogens with one attached hydrogen (secondary N) is 1. The maximum Gasteiger partial charge on any atom is 0.0847 e. The maximum atomic E-state index is 6.42. The van der Waals surface area contributed by atoms with Crippen molar-refractivity contribution in [3.8, 4) is 0 Å². The van der Waals surface area contributed by atoms with E-state index in [2.05, 4.69) is 45.0 Å². The van der Waals surface area contributed by atoms with Gasteiger partial charge in [0.15, 0.2) is 0 Å². The van der Waals surface area contributed by atoms with Crippen molar-refractivity contribution < 1.29 is 0 Å². The van der Waals surface area contributed by atoms with E-state index < -0.39 is 0 Å². The highest BCUT2D eigenvalue weighted by Crippen LogP contribution is 2.34. The van der Waals surface area contributed by atoms with Crippen molar-refractivity contribution in [1.82, 2.24) is 15.1 Å². The molecule has 20 heavy (non-hydrogen) atoms. The predicted octanol–water partition coefficient (Wildman–Crippen LogP) is 4.12. The molecule has 0 atom stereocenters. The summed E-state index contributed by atoms with van der Waals surface area (Å²) in [5.74, 6) is 0. The third kappa shape index (κ3) is 4.23. The number of aromatic nitrogens is 2. The van der Waals surface area contributed by atoms with Crippen molar-refractivity contribution in [3.63, 3.8) is 0 Å². The monoisotopic (exact) mass is 299 g/mol. The summed E-state index contributed by atoms with van der Waals surface area (Å²) < 4.78 is 1.94. The van der Waals surface area contributed by atoms with Crippen molar-refractivity contribution in [2.75, 3.05) is 6.54 Å². The molecule has 0 aliphatic rings. The zero-order chi connectivity index (χ0) is 15.6. The molecule has 0 aliphatic heterocycles. The van der Waals surface area contributed by atoms with Gasteiger partial charge in [0, 0.05) is 19.1 Å². The Morgan fingerprint density at radius 2 is 1.75 bits per heavy atom. The quantitative estimate of drug-likeness (QED) is 0.856. The van der Waals surface area contributed by atoms with E-state index in [1.54, 1.807) is 0 Å². The van der Waals surface area contributed by atoms with Gasteiger partial charge in [-0.05, 0) is 52.4 Å². The lowest BCUT2D eigenvalue weighted by Gasteiger charge is -2.35. The molecule has 0 saturated carbocycles. The first-order valence-electron chi connectivity index (χ1n) is 7.57. The van der Waals surface area contributed by atoms with Crippen molar-refractivity contribution in [1.29, 1.82) is 0 Å². The van der Waals surface area contributed by atoms with Crippen molar-refractivity contribution in [3.05, 3.63) is 16.4 Å². The van der Waals surface area contributed by atoms with E-state index in [1.807, 2.05) is 18.7 Å². The third-order valence-electron chi connectivity index (χ3n) is 4.30. The Bertz CT molecular complexity index is 439. The fourth-order valence-corrected chi connectivity index (χ4v) is 2.72. The van der Waals surface area contributed by atoms with Crippen molar-refractivity contribution in [2.24, 2.45) is 12.5 Å². The molecule has 3 nitrogen and oxygen atoms in total. The Labute approximate surface area is 129 Å². The normalized spacial score (nSPS) is 13.0. The number of rotatable bonds is 6. The van der Waals surface area contributed by atoms with Gasteiger partial charge in [-0.15, -0.1) is 0 Å². The summed E-state index contributed by atoms with van der Waals surface area (Å²) in [4.78, 5) is 0. The lowest BCUT2D eigenvalue weighted by atomic mass is 9.77. The summed E-state index contributed by atoms with van der Waals surface area (Å²) in [7, 11) is 1.99. The topological polar surface area (TPSA) is 29.9 Å². The van der Waals surface area contributed by atoms with Crippen LogP contribution < -0.4 is 5.32 Å². The summed E-state index contributed by atoms with van der Waals surface area (Å²) in [5.41, 5.74) is 2.46. The van der Waals surface area contributed by atoms with Crippen LogP contribution in [0.1, 0.15) is 58.8 Å². The summed E-state index contributed by atoms with van der Waals surface area (Å²) in [6.07, 6.45) is 3.24. The standard InChI is InChI=1S/C16H30ClN3/c1-8-16(9-2,11-18-15(4,5)6)10-13-14(17)12(3)19-20(13)7/h18H,8-11H2,1-7H3. The summed E-state index contributed by atoms with van der Waals surface area (Å²) in [6, 6.07) is 0. The Balaban J connectivity index is 2.96. The first-order chi connectivity index (χ1) is 9.14. The Morgan fingerprint density at radius 3 is 2.10 bits per heavy atom. The molecule has 0 fully saturated rings. The first kappa shape index (κ1) is 17.5. The summed E-state index contributed by atoms with van der Waals surface area (Å²) >= 11 is 6.42. The van der Waals surface area contributed by atoms with Gasteiger partial charge < -0.3 is 5.32 Å². The van der Waals surface area contributed by atoms with Gasteiger partial charge in [-0.2, -0.15) is 5.10 Å². The van der Waals surface area contributed by atoms with E-state index in [1.165, 1.54) is 0 Å². The van der Waals surface area contributed by atoms with Gasteiger partial charge >= 0.3 is 0 Å². The van der Waals surface area contributed by atoms with Gasteiger partial charge in [0.2, 0.25) is 0 Å². The first-order valence-corrected chi connectivity index (χ1v) is 7.95. The minimum atomic E-state index is 0.141. The minimum Gasteiger partial charge on any atom is -0.312 e. The van der Waals surface area contributed by atoms with Crippen LogP contribution in [0.25, 0.3) is 0 Å². The van der Waals surface area contributed by atoms with E-state index >= 15 is 0 Å². The van der Waals surface area contributed by atoms with Gasteiger partial charge in [-0.3, -0.25) is 4.68 Å². The van der Waals surface area contributed by atoms with Crippen LogP contribution in [0.2, 0.25) is 5.02 Å². The highest BCUT2D eigenvalue weighted by atomic mass is 35.5. The second kappa shape index (κ2) is 6.48. The molecule has 116 valence electrons. The lowest BCUT2D eigenvalue weighted by molar-refractivity contribution is 0.216. The van der Waals surface area contributed by atoms with Crippen LogP contribution in [0.3, 0.4) is 0 Å². The highest BCUT2D eigenvalue weighted by Gasteiger charge is 2.30. The molecule has 0 aromatic carbocycles. The molecule has 1 heterocycles. The fraction of sp³-hybridized carbons (Fsp3) is 0.812. The summed E-state index contributed by atoms with van der Waals surface area (Å²) in [5, 5.41) is 8.92. The molecule has 1 aromatic rings. The van der Waals surface area contributed by atoms with Crippen LogP contribution >= 0.6 is 11.6 Å². The number of halogens is 1. The van der Waals surface area contributed by atoms with Gasteiger partial charge in [0.25, 0.3) is 0 Å². The summed E-state index contributed by atoms with van der Waals surface area (Å²) in [6.45, 7) is 14.2. The maximum absolute atomic E-state index is 6.42. The molecule has 0 radical (unpaired) electrons. The zero-order valence-corrected chi connectivity index (χ0v) is 14.9. The minimum absolute atomic E-state index is 0.141. The fourth-order valence-electron chi connectivity index (χ4n) is 2.49. The molecule has 0 aliphatic carbocycles. The Morgan fingerprint density at radius 1 is 1.20 bits per heavy atom. The van der Waals surface area contributed by atoms with Crippen LogP contribution in [0.4, 0.5) is 0 Å².